The summed E-state index contributed by atoms with van der Waals surface area (Å²) < 4.78 is 30.1. The summed E-state index contributed by atoms with van der Waals surface area (Å²) >= 11 is 1.24. The van der Waals surface area contributed by atoms with Gasteiger partial charge in [0.25, 0.3) is 0 Å². The Morgan fingerprint density at radius 2 is 2.11 bits per heavy atom. The molecule has 37 heavy (non-hydrogen) atoms. The number of thioether (sulfide) groups is 1. The molecule has 1 aromatic heterocycles. The highest BCUT2D eigenvalue weighted by atomic mass is 32.2. The number of carbonyl (C=O) groups excluding carboxylic acids is 1. The molecule has 0 spiro atoms. The first-order valence-electron chi connectivity index (χ1n) is 12.4. The maximum atomic E-state index is 15.2. The molecule has 6 nitrogen and oxygen atoms in total. The lowest BCUT2D eigenvalue weighted by Crippen LogP contribution is -2.44. The van der Waals surface area contributed by atoms with Crippen LogP contribution in [0.4, 0.5) is 8.78 Å². The molecule has 0 saturated carbocycles. The first-order chi connectivity index (χ1) is 17.6. The molecule has 4 rings (SSSR count). The number of nitrogens with two attached hydrogens (primary N) is 1. The molecule has 1 saturated heterocycles. The lowest BCUT2D eigenvalue weighted by molar-refractivity contribution is -0.132. The van der Waals surface area contributed by atoms with Gasteiger partial charge in [-0.2, -0.15) is 5.26 Å². The van der Waals surface area contributed by atoms with Crippen molar-refractivity contribution in [3.63, 3.8) is 0 Å². The van der Waals surface area contributed by atoms with Crippen LogP contribution in [0.15, 0.2) is 41.5 Å². The number of piperidine rings is 1. The molecule has 0 aliphatic carbocycles. The van der Waals surface area contributed by atoms with Crippen molar-refractivity contribution in [2.75, 3.05) is 13.1 Å². The third-order valence-corrected chi connectivity index (χ3v) is 8.35. The highest BCUT2D eigenvalue weighted by molar-refractivity contribution is 8.14. The summed E-state index contributed by atoms with van der Waals surface area (Å²) in [6.45, 7) is 7.39. The van der Waals surface area contributed by atoms with Gasteiger partial charge in [0, 0.05) is 24.8 Å². The van der Waals surface area contributed by atoms with Gasteiger partial charge in [0.15, 0.2) is 5.17 Å². The van der Waals surface area contributed by atoms with E-state index < -0.39 is 22.4 Å². The second-order valence-electron chi connectivity index (χ2n) is 10.1. The van der Waals surface area contributed by atoms with Crippen molar-refractivity contribution in [3.8, 4) is 6.07 Å². The average Bonchev–Trinajstić information content (AvgIpc) is 3.00. The fourth-order valence-electron chi connectivity index (χ4n) is 5.02. The zero-order valence-electron chi connectivity index (χ0n) is 21.2. The van der Waals surface area contributed by atoms with Gasteiger partial charge >= 0.3 is 0 Å². The van der Waals surface area contributed by atoms with Gasteiger partial charge in [0.1, 0.15) is 17.7 Å². The summed E-state index contributed by atoms with van der Waals surface area (Å²) in [4.78, 5) is 23.9. The number of pyridine rings is 1. The zero-order chi connectivity index (χ0) is 26.7. The predicted octanol–water partition coefficient (Wildman–Crippen LogP) is 5.49. The van der Waals surface area contributed by atoms with E-state index in [1.807, 2.05) is 24.8 Å². The number of halogens is 2. The minimum Gasteiger partial charge on any atom is -0.378 e. The minimum absolute atomic E-state index is 0.0555. The van der Waals surface area contributed by atoms with Gasteiger partial charge in [-0.1, -0.05) is 31.7 Å². The number of hydrogen-bond acceptors (Lipinski definition) is 6. The Hall–Kier alpha value is -3.25. The lowest BCUT2D eigenvalue weighted by atomic mass is 9.77. The topological polar surface area (TPSA) is 95.4 Å². The Labute approximate surface area is 220 Å². The largest absolute Gasteiger partial charge is 0.378 e. The van der Waals surface area contributed by atoms with Crippen LogP contribution in [-0.4, -0.2) is 39.3 Å². The van der Waals surface area contributed by atoms with Gasteiger partial charge < -0.3 is 10.6 Å². The first kappa shape index (κ1) is 26.8. The predicted molar refractivity (Wildman–Crippen MR) is 143 cm³/mol. The Kier molecular flexibility index (Phi) is 7.98. The van der Waals surface area contributed by atoms with E-state index in [2.05, 4.69) is 11.9 Å². The SMILES string of the molecule is CC1CCCN(C(=O)C2CC(C)[C@@](C)(c3cc(/C=C(\F)c4ccc(C#N)cn4)ccc3F)N=C(N)S2)C1. The van der Waals surface area contributed by atoms with E-state index in [1.54, 1.807) is 6.07 Å². The molecule has 0 radical (unpaired) electrons. The summed E-state index contributed by atoms with van der Waals surface area (Å²) in [5.74, 6) is -0.774. The molecular formula is C28H31F2N5OS. The molecule has 2 aromatic rings. The Morgan fingerprint density at radius 3 is 2.78 bits per heavy atom. The van der Waals surface area contributed by atoms with Crippen molar-refractivity contribution in [1.82, 2.24) is 9.88 Å². The van der Waals surface area contributed by atoms with E-state index in [4.69, 9.17) is 16.0 Å². The molecule has 3 unspecified atom stereocenters. The van der Waals surface area contributed by atoms with Crippen molar-refractivity contribution in [1.29, 1.82) is 5.26 Å². The van der Waals surface area contributed by atoms with Crippen molar-refractivity contribution < 1.29 is 13.6 Å². The highest BCUT2D eigenvalue weighted by Crippen LogP contribution is 2.43. The van der Waals surface area contributed by atoms with E-state index >= 15 is 4.39 Å². The van der Waals surface area contributed by atoms with Crippen LogP contribution in [0.25, 0.3) is 11.9 Å². The molecule has 3 heterocycles. The summed E-state index contributed by atoms with van der Waals surface area (Å²) in [6, 6.07) is 9.20. The summed E-state index contributed by atoms with van der Waals surface area (Å²) in [6.07, 6.45) is 5.16. The van der Waals surface area contributed by atoms with E-state index in [0.717, 1.165) is 25.9 Å². The number of amides is 1. The van der Waals surface area contributed by atoms with Crippen molar-refractivity contribution in [3.05, 3.63) is 64.7 Å². The third-order valence-electron chi connectivity index (χ3n) is 7.34. The van der Waals surface area contributed by atoms with E-state index in [0.29, 0.717) is 23.5 Å². The highest BCUT2D eigenvalue weighted by Gasteiger charge is 2.42. The van der Waals surface area contributed by atoms with E-state index in [-0.39, 0.29) is 28.3 Å². The number of likely N-dealkylation sites (tertiary alicyclic amines) is 1. The Bertz CT molecular complexity index is 1270. The van der Waals surface area contributed by atoms with Crippen molar-refractivity contribution in [2.24, 2.45) is 22.6 Å². The van der Waals surface area contributed by atoms with Gasteiger partial charge in [-0.3, -0.25) is 14.8 Å². The fraction of sp³-hybridized carbons (Fsp3) is 0.429. The van der Waals surface area contributed by atoms with Crippen molar-refractivity contribution in [2.45, 2.75) is 50.8 Å². The number of aromatic nitrogens is 1. The van der Waals surface area contributed by atoms with E-state index in [1.165, 1.54) is 48.3 Å². The first-order valence-corrected chi connectivity index (χ1v) is 13.3. The number of rotatable bonds is 4. The second kappa shape index (κ2) is 11.0. The minimum atomic E-state index is -1.04. The summed E-state index contributed by atoms with van der Waals surface area (Å²) in [5.41, 5.74) is 6.37. The molecular weight excluding hydrogens is 492 g/mol. The Balaban J connectivity index is 1.61. The van der Waals surface area contributed by atoms with Gasteiger partial charge in [-0.15, -0.1) is 0 Å². The molecule has 2 aliphatic heterocycles. The lowest BCUT2D eigenvalue weighted by Gasteiger charge is -2.35. The normalized spacial score (nSPS) is 26.7. The van der Waals surface area contributed by atoms with Crippen LogP contribution in [0.1, 0.15) is 62.4 Å². The number of benzene rings is 1. The van der Waals surface area contributed by atoms with Gasteiger partial charge in [-0.25, -0.2) is 8.78 Å². The van der Waals surface area contributed by atoms with Crippen LogP contribution in [0, 0.1) is 29.0 Å². The smallest absolute Gasteiger partial charge is 0.236 e. The molecule has 2 aliphatic rings. The van der Waals surface area contributed by atoms with Crippen LogP contribution >= 0.6 is 11.8 Å². The second-order valence-corrected chi connectivity index (χ2v) is 11.4. The third kappa shape index (κ3) is 5.85. The molecule has 4 atom stereocenters. The number of nitrogens with zero attached hydrogens (tertiary/aromatic N) is 4. The van der Waals surface area contributed by atoms with Crippen molar-refractivity contribution >= 4 is 34.7 Å². The monoisotopic (exact) mass is 523 g/mol. The molecule has 1 aromatic carbocycles. The Morgan fingerprint density at radius 1 is 1.32 bits per heavy atom. The fourth-order valence-corrected chi connectivity index (χ4v) is 6.19. The summed E-state index contributed by atoms with van der Waals surface area (Å²) in [7, 11) is 0. The quantitative estimate of drug-likeness (QED) is 0.572. The maximum absolute atomic E-state index is 15.2. The number of hydrogen-bond donors (Lipinski definition) is 1. The van der Waals surface area contributed by atoms with Crippen LogP contribution in [0.5, 0.6) is 0 Å². The number of nitriles is 1. The number of carbonyl (C=O) groups is 1. The molecule has 1 fully saturated rings. The molecule has 2 N–H and O–H groups in total. The number of aliphatic imine (C=N–C) groups is 1. The van der Waals surface area contributed by atoms with Gasteiger partial charge in [-0.05, 0) is 73.9 Å². The van der Waals surface area contributed by atoms with Crippen LogP contribution in [0.3, 0.4) is 0 Å². The zero-order valence-corrected chi connectivity index (χ0v) is 22.1. The maximum Gasteiger partial charge on any atom is 0.236 e. The molecule has 9 heteroatoms. The van der Waals surface area contributed by atoms with Gasteiger partial charge in [0.2, 0.25) is 5.91 Å². The average molecular weight is 524 g/mol. The van der Waals surface area contributed by atoms with Gasteiger partial charge in [0.05, 0.1) is 22.0 Å². The van der Waals surface area contributed by atoms with Crippen LogP contribution in [-0.2, 0) is 10.3 Å². The van der Waals surface area contributed by atoms with Crippen LogP contribution in [0.2, 0.25) is 0 Å². The molecule has 194 valence electrons. The van der Waals surface area contributed by atoms with E-state index in [9.17, 15) is 9.18 Å². The molecule has 1 amide bonds. The number of amidine groups is 1. The summed E-state index contributed by atoms with van der Waals surface area (Å²) in [5, 5.41) is 8.76. The van der Waals surface area contributed by atoms with Crippen LogP contribution < -0.4 is 5.73 Å². The standard InChI is InChI=1S/C28H31F2N5OS/c1-17-5-4-10-35(16-17)26(36)25-11-18(2)28(3,34-27(32)37-25)21-12-19(6-8-22(21)29)13-23(30)24-9-7-20(14-31)15-33-24/h6-9,12-13,15,17-18,25H,4-5,10-11,16H2,1-3H3,(H2,32,34)/b23-13-/t17?,18?,25?,28-/m0/s1. The molecule has 0 bridgehead atoms.